The van der Waals surface area contributed by atoms with Gasteiger partial charge in [-0.3, -0.25) is 0 Å². The number of nitrogens with two attached hydrogens (primary N) is 1. The molecule has 2 aromatic rings. The molecule has 1 aromatic heterocycles. The summed E-state index contributed by atoms with van der Waals surface area (Å²) in [5, 5.41) is 1.39. The zero-order valence-corrected chi connectivity index (χ0v) is 11.1. The van der Waals surface area contributed by atoms with E-state index in [0.29, 0.717) is 0 Å². The average Bonchev–Trinajstić information content (AvgIpc) is 2.57. The topological polar surface area (TPSA) is 30.9 Å². The van der Waals surface area contributed by atoms with Gasteiger partial charge >= 0.3 is 0 Å². The van der Waals surface area contributed by atoms with E-state index in [1.807, 2.05) is 0 Å². The van der Waals surface area contributed by atoms with E-state index in [1.54, 1.807) is 0 Å². The zero-order chi connectivity index (χ0) is 12.4. The molecule has 0 unspecified atom stereocenters. The number of fused-ring (bicyclic) bond motifs is 1. The van der Waals surface area contributed by atoms with Crippen LogP contribution >= 0.6 is 0 Å². The summed E-state index contributed by atoms with van der Waals surface area (Å²) in [4.78, 5) is 0. The highest BCUT2D eigenvalue weighted by Gasteiger charge is 2.13. The van der Waals surface area contributed by atoms with Gasteiger partial charge in [-0.05, 0) is 44.4 Å². The first kappa shape index (κ1) is 12.2. The molecule has 0 spiro atoms. The van der Waals surface area contributed by atoms with E-state index in [2.05, 4.69) is 43.5 Å². The number of aromatic nitrogens is 1. The lowest BCUT2D eigenvalue weighted by Crippen LogP contribution is -2.05. The average molecular weight is 230 g/mol. The first-order valence-electron chi connectivity index (χ1n) is 6.48. The van der Waals surface area contributed by atoms with Crippen molar-refractivity contribution >= 4 is 10.9 Å². The second kappa shape index (κ2) is 4.92. The minimum Gasteiger partial charge on any atom is -0.344 e. The van der Waals surface area contributed by atoms with Gasteiger partial charge in [0.25, 0.3) is 0 Å². The predicted octanol–water partition coefficient (Wildman–Crippen LogP) is 3.17. The van der Waals surface area contributed by atoms with Gasteiger partial charge in [-0.25, -0.2) is 0 Å². The van der Waals surface area contributed by atoms with Gasteiger partial charge in [-0.2, -0.15) is 0 Å². The predicted molar refractivity (Wildman–Crippen MR) is 74.5 cm³/mol. The van der Waals surface area contributed by atoms with Crippen LogP contribution in [0.1, 0.15) is 30.2 Å². The molecule has 92 valence electrons. The van der Waals surface area contributed by atoms with E-state index in [0.717, 1.165) is 19.5 Å². The molecule has 0 bridgehead atoms. The fourth-order valence-electron chi connectivity index (χ4n) is 2.75. The highest BCUT2D eigenvalue weighted by atomic mass is 15.0. The molecule has 2 N–H and O–H groups in total. The fourth-order valence-corrected chi connectivity index (χ4v) is 2.75. The largest absolute Gasteiger partial charge is 0.344 e. The third-order valence-corrected chi connectivity index (χ3v) is 3.52. The highest BCUT2D eigenvalue weighted by molar-refractivity contribution is 5.88. The lowest BCUT2D eigenvalue weighted by Gasteiger charge is -2.08. The van der Waals surface area contributed by atoms with E-state index in [-0.39, 0.29) is 0 Å². The Bertz CT molecular complexity index is 523. The Morgan fingerprint density at radius 2 is 2.00 bits per heavy atom. The number of para-hydroxylation sites is 1. The summed E-state index contributed by atoms with van der Waals surface area (Å²) in [6, 6.07) is 6.57. The second-order valence-electron chi connectivity index (χ2n) is 4.73. The molecule has 0 aliphatic carbocycles. The van der Waals surface area contributed by atoms with Crippen molar-refractivity contribution in [3.63, 3.8) is 0 Å². The number of hydrogen-bond acceptors (Lipinski definition) is 1. The van der Waals surface area contributed by atoms with Gasteiger partial charge in [-0.15, -0.1) is 0 Å². The van der Waals surface area contributed by atoms with Crippen LogP contribution in [0.2, 0.25) is 0 Å². The highest BCUT2D eigenvalue weighted by Crippen LogP contribution is 2.28. The summed E-state index contributed by atoms with van der Waals surface area (Å²) < 4.78 is 2.45. The second-order valence-corrected chi connectivity index (χ2v) is 4.73. The van der Waals surface area contributed by atoms with Crippen molar-refractivity contribution in [2.75, 3.05) is 6.54 Å². The smallest absolute Gasteiger partial charge is 0.0514 e. The normalized spacial score (nSPS) is 11.3. The number of nitrogens with zero attached hydrogens (tertiary/aromatic N) is 1. The van der Waals surface area contributed by atoms with Gasteiger partial charge in [0.15, 0.2) is 0 Å². The standard InChI is InChI=1S/C15H22N2/c1-4-10-17-12(3)13(8-9-16)14-7-5-6-11(2)15(14)17/h5-7H,4,8-10,16H2,1-3H3. The van der Waals surface area contributed by atoms with Crippen molar-refractivity contribution in [1.82, 2.24) is 4.57 Å². The van der Waals surface area contributed by atoms with E-state index in [9.17, 15) is 0 Å². The maximum absolute atomic E-state index is 5.73. The minimum absolute atomic E-state index is 0.722. The van der Waals surface area contributed by atoms with Crippen LogP contribution in [0.3, 0.4) is 0 Å². The molecule has 1 aromatic carbocycles. The molecule has 1 heterocycles. The van der Waals surface area contributed by atoms with Crippen LogP contribution in [-0.4, -0.2) is 11.1 Å². The molecule has 0 saturated heterocycles. The summed E-state index contributed by atoms with van der Waals surface area (Å²) in [5.41, 5.74) is 11.3. The van der Waals surface area contributed by atoms with Gasteiger partial charge in [0.2, 0.25) is 0 Å². The van der Waals surface area contributed by atoms with Crippen LogP contribution < -0.4 is 5.73 Å². The minimum atomic E-state index is 0.722. The molecule has 0 amide bonds. The van der Waals surface area contributed by atoms with Gasteiger partial charge in [0, 0.05) is 17.6 Å². The van der Waals surface area contributed by atoms with Crippen LogP contribution in [0.5, 0.6) is 0 Å². The molecular formula is C15H22N2. The summed E-state index contributed by atoms with van der Waals surface area (Å²) in [7, 11) is 0. The first-order chi connectivity index (χ1) is 8.20. The Kier molecular flexibility index (Phi) is 3.53. The third-order valence-electron chi connectivity index (χ3n) is 3.52. The Hall–Kier alpha value is -1.28. The lowest BCUT2D eigenvalue weighted by molar-refractivity contribution is 0.680. The van der Waals surface area contributed by atoms with Crippen molar-refractivity contribution in [2.24, 2.45) is 5.73 Å². The first-order valence-corrected chi connectivity index (χ1v) is 6.48. The van der Waals surface area contributed by atoms with Crippen molar-refractivity contribution < 1.29 is 0 Å². The van der Waals surface area contributed by atoms with Crippen molar-refractivity contribution in [2.45, 2.75) is 40.2 Å². The molecule has 0 atom stereocenters. The maximum atomic E-state index is 5.73. The summed E-state index contributed by atoms with van der Waals surface area (Å²) in [6.07, 6.45) is 2.14. The number of aryl methyl sites for hydroxylation is 2. The Labute approximate surface area is 103 Å². The van der Waals surface area contributed by atoms with Crippen LogP contribution in [0, 0.1) is 13.8 Å². The Morgan fingerprint density at radius 1 is 1.24 bits per heavy atom. The molecule has 2 heteroatoms. The molecular weight excluding hydrogens is 208 g/mol. The number of rotatable bonds is 4. The molecule has 0 radical (unpaired) electrons. The molecule has 0 saturated carbocycles. The van der Waals surface area contributed by atoms with Crippen LogP contribution in [-0.2, 0) is 13.0 Å². The van der Waals surface area contributed by atoms with Crippen LogP contribution in [0.15, 0.2) is 18.2 Å². The SMILES string of the molecule is CCCn1c(C)c(CCN)c2cccc(C)c21. The van der Waals surface area contributed by atoms with Crippen LogP contribution in [0.25, 0.3) is 10.9 Å². The Morgan fingerprint density at radius 3 is 2.65 bits per heavy atom. The molecule has 0 fully saturated rings. The van der Waals surface area contributed by atoms with Crippen molar-refractivity contribution in [3.05, 3.63) is 35.0 Å². The quantitative estimate of drug-likeness (QED) is 0.859. The van der Waals surface area contributed by atoms with E-state index >= 15 is 0 Å². The van der Waals surface area contributed by atoms with E-state index in [4.69, 9.17) is 5.73 Å². The van der Waals surface area contributed by atoms with Crippen LogP contribution in [0.4, 0.5) is 0 Å². The van der Waals surface area contributed by atoms with Crippen molar-refractivity contribution in [3.8, 4) is 0 Å². The van der Waals surface area contributed by atoms with Gasteiger partial charge in [0.05, 0.1) is 5.52 Å². The maximum Gasteiger partial charge on any atom is 0.0514 e. The van der Waals surface area contributed by atoms with E-state index in [1.165, 1.54) is 34.1 Å². The Balaban J connectivity index is 2.74. The molecule has 0 aliphatic heterocycles. The van der Waals surface area contributed by atoms with Gasteiger partial charge in [-0.1, -0.05) is 25.1 Å². The summed E-state index contributed by atoms with van der Waals surface area (Å²) in [6.45, 7) is 8.46. The van der Waals surface area contributed by atoms with Gasteiger partial charge in [0.1, 0.15) is 0 Å². The number of hydrogen-bond donors (Lipinski definition) is 1. The number of benzene rings is 1. The monoisotopic (exact) mass is 230 g/mol. The molecule has 0 aliphatic rings. The zero-order valence-electron chi connectivity index (χ0n) is 11.1. The van der Waals surface area contributed by atoms with E-state index < -0.39 is 0 Å². The summed E-state index contributed by atoms with van der Waals surface area (Å²) in [5.74, 6) is 0. The molecule has 2 rings (SSSR count). The molecule has 17 heavy (non-hydrogen) atoms. The summed E-state index contributed by atoms with van der Waals surface area (Å²) >= 11 is 0. The third kappa shape index (κ3) is 1.98. The van der Waals surface area contributed by atoms with Gasteiger partial charge < -0.3 is 10.3 Å². The molecule has 2 nitrogen and oxygen atoms in total. The fraction of sp³-hybridized carbons (Fsp3) is 0.467. The lowest BCUT2D eigenvalue weighted by atomic mass is 10.1. The van der Waals surface area contributed by atoms with Crippen molar-refractivity contribution in [1.29, 1.82) is 0 Å².